The van der Waals surface area contributed by atoms with E-state index >= 15 is 0 Å². The Morgan fingerprint density at radius 1 is 1.11 bits per heavy atom. The van der Waals surface area contributed by atoms with E-state index in [1.54, 1.807) is 26.9 Å². The number of para-hydroxylation sites is 1. The first-order valence-electron chi connectivity index (χ1n) is 15.2. The highest BCUT2D eigenvalue weighted by Gasteiger charge is 2.52. The van der Waals surface area contributed by atoms with Gasteiger partial charge in [0.1, 0.15) is 24.6 Å². The largest absolute Gasteiger partial charge is 0.491 e. The number of anilines is 1. The number of aromatic nitrogens is 1. The third-order valence-corrected chi connectivity index (χ3v) is 9.08. The normalized spacial score (nSPS) is 17.9. The van der Waals surface area contributed by atoms with Gasteiger partial charge in [-0.05, 0) is 34.9 Å². The van der Waals surface area contributed by atoms with Crippen LogP contribution in [0, 0.1) is 12.3 Å². The average Bonchev–Trinajstić information content (AvgIpc) is 3.63. The standard InChI is InChI=1S/C34H35N7O5S/c1-2-15-39(34(45)36-19-24-7-4-3-5-8-24)40-22-30(43)41-27(18-23-11-13-26(14-12-23)46-17-16-42)32(44)38(21-29(40)41)20-25-9-6-10-28-31(25)37-33(35)47-28/h1,3-14,27,29,42H,15-22H2,(H2,35,37)(H,36,45)/t27-,29+/m0/s1. The molecule has 2 aliphatic rings. The molecule has 2 atom stereocenters. The van der Waals surface area contributed by atoms with Crippen molar-refractivity contribution in [3.8, 4) is 18.1 Å². The number of benzene rings is 3. The number of nitrogen functional groups attached to an aromatic ring is 1. The number of thiazole rings is 1. The molecule has 3 aromatic carbocycles. The Labute approximate surface area is 276 Å². The van der Waals surface area contributed by atoms with Crippen LogP contribution in [0.25, 0.3) is 10.2 Å². The Morgan fingerprint density at radius 2 is 1.89 bits per heavy atom. The summed E-state index contributed by atoms with van der Waals surface area (Å²) in [5.41, 5.74) is 9.32. The molecule has 2 fully saturated rings. The van der Waals surface area contributed by atoms with Crippen molar-refractivity contribution < 1.29 is 24.2 Å². The molecule has 3 heterocycles. The van der Waals surface area contributed by atoms with E-state index < -0.39 is 18.2 Å². The molecule has 4 amide bonds. The number of ether oxygens (including phenoxy) is 1. The fraction of sp³-hybridized carbons (Fsp3) is 0.294. The van der Waals surface area contributed by atoms with Crippen LogP contribution in [-0.4, -0.2) is 92.8 Å². The number of aliphatic hydroxyl groups is 1. The third-order valence-electron chi connectivity index (χ3n) is 8.23. The second-order valence-electron chi connectivity index (χ2n) is 11.3. The average molecular weight is 654 g/mol. The molecule has 0 aliphatic carbocycles. The van der Waals surface area contributed by atoms with Crippen LogP contribution in [0.2, 0.25) is 0 Å². The minimum atomic E-state index is -0.838. The molecule has 2 aliphatic heterocycles. The number of hydrogen-bond acceptors (Lipinski definition) is 9. The number of urea groups is 1. The van der Waals surface area contributed by atoms with E-state index in [0.717, 1.165) is 26.9 Å². The van der Waals surface area contributed by atoms with Crippen LogP contribution in [0.1, 0.15) is 16.7 Å². The molecular formula is C34H35N7O5S. The molecule has 4 aromatic rings. The van der Waals surface area contributed by atoms with E-state index in [0.29, 0.717) is 10.9 Å². The van der Waals surface area contributed by atoms with Crippen LogP contribution in [0.4, 0.5) is 9.93 Å². The first kappa shape index (κ1) is 31.8. The number of amides is 4. The van der Waals surface area contributed by atoms with Crippen molar-refractivity contribution in [2.75, 3.05) is 38.6 Å². The predicted octanol–water partition coefficient (Wildman–Crippen LogP) is 2.43. The lowest BCUT2D eigenvalue weighted by Crippen LogP contribution is -2.66. The molecule has 4 N–H and O–H groups in total. The number of carbonyl (C=O) groups excluding carboxylic acids is 3. The van der Waals surface area contributed by atoms with Crippen LogP contribution >= 0.6 is 11.3 Å². The summed E-state index contributed by atoms with van der Waals surface area (Å²) < 4.78 is 6.41. The van der Waals surface area contributed by atoms with Gasteiger partial charge in [-0.25, -0.2) is 14.8 Å². The smallest absolute Gasteiger partial charge is 0.333 e. The van der Waals surface area contributed by atoms with Crippen molar-refractivity contribution in [2.24, 2.45) is 0 Å². The monoisotopic (exact) mass is 653 g/mol. The quantitative estimate of drug-likeness (QED) is 0.210. The zero-order chi connectivity index (χ0) is 32.9. The Kier molecular flexibility index (Phi) is 9.53. The van der Waals surface area contributed by atoms with Crippen molar-refractivity contribution in [2.45, 2.75) is 31.7 Å². The molecule has 2 saturated heterocycles. The Bertz CT molecular complexity index is 1790. The van der Waals surface area contributed by atoms with Gasteiger partial charge in [0.2, 0.25) is 11.8 Å². The topological polar surface area (TPSA) is 145 Å². The molecule has 13 heteroatoms. The van der Waals surface area contributed by atoms with E-state index in [4.69, 9.17) is 22.0 Å². The number of nitrogens with two attached hydrogens (primary N) is 1. The van der Waals surface area contributed by atoms with Crippen LogP contribution in [0.5, 0.6) is 5.75 Å². The molecular weight excluding hydrogens is 618 g/mol. The summed E-state index contributed by atoms with van der Waals surface area (Å²) in [5, 5.41) is 15.5. The van der Waals surface area contributed by atoms with Gasteiger partial charge in [0, 0.05) is 19.5 Å². The zero-order valence-electron chi connectivity index (χ0n) is 25.6. The number of nitrogens with one attached hydrogen (secondary N) is 1. The van der Waals surface area contributed by atoms with Gasteiger partial charge < -0.3 is 30.7 Å². The van der Waals surface area contributed by atoms with Crippen LogP contribution in [0.3, 0.4) is 0 Å². The molecule has 0 radical (unpaired) electrons. The predicted molar refractivity (Wildman–Crippen MR) is 178 cm³/mol. The molecule has 0 saturated carbocycles. The van der Waals surface area contributed by atoms with Gasteiger partial charge in [0.05, 0.1) is 36.5 Å². The van der Waals surface area contributed by atoms with Crippen molar-refractivity contribution in [3.05, 3.63) is 89.5 Å². The van der Waals surface area contributed by atoms with Crippen LogP contribution < -0.4 is 15.8 Å². The molecule has 12 nitrogen and oxygen atoms in total. The molecule has 6 rings (SSSR count). The summed E-state index contributed by atoms with van der Waals surface area (Å²) in [6, 6.07) is 21.2. The van der Waals surface area contributed by atoms with Gasteiger partial charge in [0.25, 0.3) is 0 Å². The number of piperazine rings is 1. The minimum Gasteiger partial charge on any atom is -0.491 e. The molecule has 242 valence electrons. The van der Waals surface area contributed by atoms with Crippen molar-refractivity contribution in [1.29, 1.82) is 0 Å². The highest BCUT2D eigenvalue weighted by atomic mass is 32.1. The number of terminal acetylenes is 1. The van der Waals surface area contributed by atoms with Crippen molar-refractivity contribution in [3.63, 3.8) is 0 Å². The van der Waals surface area contributed by atoms with Crippen molar-refractivity contribution in [1.82, 2.24) is 30.1 Å². The van der Waals surface area contributed by atoms with E-state index in [1.165, 1.54) is 16.3 Å². The van der Waals surface area contributed by atoms with Gasteiger partial charge in [-0.1, -0.05) is 71.9 Å². The fourth-order valence-electron chi connectivity index (χ4n) is 6.09. The second-order valence-corrected chi connectivity index (χ2v) is 12.3. The fourth-order valence-corrected chi connectivity index (χ4v) is 6.87. The highest BCUT2D eigenvalue weighted by molar-refractivity contribution is 7.22. The molecule has 1 aromatic heterocycles. The van der Waals surface area contributed by atoms with Gasteiger partial charge >= 0.3 is 6.03 Å². The number of hydrazine groups is 1. The van der Waals surface area contributed by atoms with E-state index in [9.17, 15) is 14.4 Å². The van der Waals surface area contributed by atoms with E-state index in [1.807, 2.05) is 60.7 Å². The first-order valence-corrected chi connectivity index (χ1v) is 16.0. The highest BCUT2D eigenvalue weighted by Crippen LogP contribution is 2.32. The maximum absolute atomic E-state index is 14.3. The number of nitrogens with zero attached hydrogens (tertiary/aromatic N) is 5. The summed E-state index contributed by atoms with van der Waals surface area (Å²) in [7, 11) is 0. The number of carbonyl (C=O) groups is 3. The number of aliphatic hydroxyl groups excluding tert-OH is 1. The Morgan fingerprint density at radius 3 is 2.64 bits per heavy atom. The summed E-state index contributed by atoms with van der Waals surface area (Å²) in [6.45, 7) is 0.552. The minimum absolute atomic E-state index is 0.0659. The number of hydrogen-bond donors (Lipinski definition) is 3. The lowest BCUT2D eigenvalue weighted by atomic mass is 9.99. The van der Waals surface area contributed by atoms with Crippen LogP contribution in [0.15, 0.2) is 72.8 Å². The maximum atomic E-state index is 14.3. The van der Waals surface area contributed by atoms with Crippen molar-refractivity contribution >= 4 is 44.5 Å². The van der Waals surface area contributed by atoms with Gasteiger partial charge in [-0.15, -0.1) is 6.42 Å². The van der Waals surface area contributed by atoms with Gasteiger partial charge in [0.15, 0.2) is 5.13 Å². The van der Waals surface area contributed by atoms with Gasteiger partial charge in [-0.2, -0.15) is 5.01 Å². The molecule has 0 unspecified atom stereocenters. The molecule has 47 heavy (non-hydrogen) atoms. The van der Waals surface area contributed by atoms with E-state index in [2.05, 4.69) is 16.2 Å². The SMILES string of the molecule is C#CCN(C(=O)NCc1ccccc1)N1CC(=O)N2[C@@H](Cc3ccc(OCCO)cc3)C(=O)N(Cc3cccc4sc(N)nc34)C[C@@H]21. The lowest BCUT2D eigenvalue weighted by molar-refractivity contribution is -0.157. The summed E-state index contributed by atoms with van der Waals surface area (Å²) >= 11 is 1.38. The number of rotatable bonds is 11. The maximum Gasteiger partial charge on any atom is 0.333 e. The summed E-state index contributed by atoms with van der Waals surface area (Å²) in [5.74, 6) is 2.65. The zero-order valence-corrected chi connectivity index (χ0v) is 26.4. The van der Waals surface area contributed by atoms with E-state index in [-0.39, 0.29) is 64.2 Å². The third kappa shape index (κ3) is 6.85. The summed E-state index contributed by atoms with van der Waals surface area (Å²) in [4.78, 5) is 49.4. The first-order chi connectivity index (χ1) is 22.9. The van der Waals surface area contributed by atoms with Crippen LogP contribution in [-0.2, 0) is 29.1 Å². The molecule has 0 spiro atoms. The summed E-state index contributed by atoms with van der Waals surface area (Å²) in [6.07, 6.45) is 5.32. The Balaban J connectivity index is 1.30. The lowest BCUT2D eigenvalue weighted by Gasteiger charge is -2.46. The Hall–Kier alpha value is -5.16. The van der Waals surface area contributed by atoms with Gasteiger partial charge in [-0.3, -0.25) is 9.59 Å². The number of fused-ring (bicyclic) bond motifs is 2. The molecule has 0 bridgehead atoms. The second kappa shape index (κ2) is 14.1.